The lowest BCUT2D eigenvalue weighted by atomic mass is 10.0. The molecule has 0 aliphatic carbocycles. The van der Waals surface area contributed by atoms with Crippen LogP contribution in [0, 0.1) is 11.8 Å². The maximum absolute atomic E-state index is 13.8. The molecule has 2 amide bonds. The minimum atomic E-state index is -4.33. The zero-order valence-electron chi connectivity index (χ0n) is 38.9. The summed E-state index contributed by atoms with van der Waals surface area (Å²) in [5.41, 5.74) is 3.72. The lowest BCUT2D eigenvalue weighted by Gasteiger charge is -2.32. The first-order chi connectivity index (χ1) is 33.1. The van der Waals surface area contributed by atoms with E-state index in [4.69, 9.17) is 28.4 Å². The zero-order chi connectivity index (χ0) is 50.4. The Morgan fingerprint density at radius 1 is 0.638 bits per heavy atom. The van der Waals surface area contributed by atoms with E-state index in [2.05, 4.69) is 15.4 Å². The van der Waals surface area contributed by atoms with Crippen molar-refractivity contribution in [1.29, 1.82) is 0 Å². The molecule has 0 saturated carbocycles. The molecule has 69 heavy (non-hydrogen) atoms. The number of ether oxygens (including phenoxy) is 6. The molecule has 2 atom stereocenters. The van der Waals surface area contributed by atoms with Crippen molar-refractivity contribution in [1.82, 2.24) is 44.3 Å². The number of nitrogens with one attached hydrogen (secondary N) is 3. The molecule has 0 unspecified atom stereocenters. The van der Waals surface area contributed by atoms with E-state index in [1.165, 1.54) is 69.6 Å². The van der Waals surface area contributed by atoms with Gasteiger partial charge in [-0.1, -0.05) is 32.9 Å². The Morgan fingerprint density at radius 2 is 1.03 bits per heavy atom. The molecule has 0 saturated heterocycles. The average molecular weight is 1020 g/mol. The van der Waals surface area contributed by atoms with Crippen LogP contribution in [0.1, 0.15) is 39.1 Å². The lowest BCUT2D eigenvalue weighted by molar-refractivity contribution is -0.135. The highest BCUT2D eigenvalue weighted by Gasteiger charge is 2.40. The van der Waals surface area contributed by atoms with Gasteiger partial charge in [-0.25, -0.2) is 41.3 Å². The van der Waals surface area contributed by atoms with Crippen LogP contribution in [-0.4, -0.2) is 164 Å². The number of aromatic nitrogens is 5. The van der Waals surface area contributed by atoms with Crippen molar-refractivity contribution in [3.05, 3.63) is 72.3 Å². The summed E-state index contributed by atoms with van der Waals surface area (Å²) in [5, 5.41) is 29.3. The van der Waals surface area contributed by atoms with Gasteiger partial charge in [0.15, 0.2) is 0 Å². The molecule has 386 valence electrons. The van der Waals surface area contributed by atoms with Gasteiger partial charge in [-0.15, -0.1) is 5.10 Å². The topological polar surface area (TPSA) is 280 Å². The van der Waals surface area contributed by atoms with Gasteiger partial charge < -0.3 is 33.5 Å². The maximum Gasteiger partial charge on any atom is 0.262 e. The number of nitrogens with zero attached hydrogens (tertiary/aromatic N) is 6. The van der Waals surface area contributed by atoms with Crippen molar-refractivity contribution >= 4 is 31.9 Å². The van der Waals surface area contributed by atoms with Gasteiger partial charge in [0.1, 0.15) is 50.1 Å². The minimum absolute atomic E-state index is 0.0728. The van der Waals surface area contributed by atoms with E-state index in [1.807, 2.05) is 0 Å². The number of aryl methyl sites for hydroxylation is 2. The summed E-state index contributed by atoms with van der Waals surface area (Å²) in [6.07, 6.45) is 2.93. The SMILES string of the molecule is CC(C)[C@@H](C(=O)NO)N(Cc1cn(CCF)nn1)S(=O)(=O)c1ccc(OCCOCCOCCOCCOCCOc2ccc(S(=O)(=O)N(Cc3cn(CCF)[nH]3)[C@@H](C(=O)NO)C(C)C)cc2)cc1. The Bertz CT molecular complexity index is 2340. The Hall–Kier alpha value is -5.10. The minimum Gasteiger partial charge on any atom is -0.491 e. The van der Waals surface area contributed by atoms with Crippen molar-refractivity contribution in [2.45, 2.75) is 75.7 Å². The van der Waals surface area contributed by atoms with Gasteiger partial charge in [-0.3, -0.25) is 24.7 Å². The first-order valence-electron chi connectivity index (χ1n) is 22.0. The predicted molar refractivity (Wildman–Crippen MR) is 240 cm³/mol. The molecule has 4 rings (SSSR count). The highest BCUT2D eigenvalue weighted by Crippen LogP contribution is 2.28. The molecule has 2 aromatic heterocycles. The molecule has 0 spiro atoms. The third kappa shape index (κ3) is 17.1. The molecule has 0 fully saturated rings. The molecular weight excluding hydrogens is 957 g/mol. The quantitative estimate of drug-likeness (QED) is 0.0251. The molecule has 23 nitrogen and oxygen atoms in total. The van der Waals surface area contributed by atoms with E-state index in [0.29, 0.717) is 50.2 Å². The van der Waals surface area contributed by atoms with Crippen LogP contribution in [0.3, 0.4) is 0 Å². The number of hydrogen-bond acceptors (Lipinski definition) is 16. The summed E-state index contributed by atoms with van der Waals surface area (Å²) < 4.78 is 119. The monoisotopic (exact) mass is 1020 g/mol. The van der Waals surface area contributed by atoms with Crippen LogP contribution >= 0.6 is 0 Å². The van der Waals surface area contributed by atoms with E-state index < -0.39 is 69.1 Å². The second kappa shape index (κ2) is 28.5. The molecular formula is C42H63F2N9O14S2. The van der Waals surface area contributed by atoms with Gasteiger partial charge in [0.25, 0.3) is 11.8 Å². The highest BCUT2D eigenvalue weighted by atomic mass is 32.2. The standard InChI is InChI=1S/C42H63F2N9O14S2/c1-31(2)39(41(54)47-56)52(29-33-27-51(16-14-44)49-45-33)68(58,59)37-9-5-35(6-10-37)66-25-23-64-21-19-62-17-18-63-20-22-65-24-26-67-36-7-11-38(12-8-36)69(60,61)53(40(32(3)4)42(55)48-57)30-34-28-50(46-34)15-13-43/h5-12,27-28,31-32,39-40,46,56-57H,13-26,29-30H2,1-4H3,(H,47,54)(H,48,55)/t39-,40+/m0/s1. The van der Waals surface area contributed by atoms with Crippen molar-refractivity contribution < 1.29 is 74.0 Å². The first-order valence-corrected chi connectivity index (χ1v) is 24.9. The Labute approximate surface area is 399 Å². The number of amides is 2. The van der Waals surface area contributed by atoms with Gasteiger partial charge in [0.2, 0.25) is 20.0 Å². The molecule has 2 heterocycles. The van der Waals surface area contributed by atoms with Gasteiger partial charge >= 0.3 is 0 Å². The number of benzene rings is 2. The summed E-state index contributed by atoms with van der Waals surface area (Å²) in [6.45, 7) is 7.30. The number of halogens is 2. The highest BCUT2D eigenvalue weighted by molar-refractivity contribution is 7.89. The third-order valence-corrected chi connectivity index (χ3v) is 13.8. The number of hydroxylamine groups is 2. The third-order valence-electron chi connectivity index (χ3n) is 10.1. The van der Waals surface area contributed by atoms with Crippen LogP contribution in [0.4, 0.5) is 8.78 Å². The summed E-state index contributed by atoms with van der Waals surface area (Å²) >= 11 is 0. The molecule has 5 N–H and O–H groups in total. The molecule has 0 bridgehead atoms. The molecule has 27 heteroatoms. The van der Waals surface area contributed by atoms with Crippen molar-refractivity contribution in [2.24, 2.45) is 11.8 Å². The smallest absolute Gasteiger partial charge is 0.262 e. The molecule has 0 aliphatic heterocycles. The number of carbonyl (C=O) groups excluding carboxylic acids is 2. The summed E-state index contributed by atoms with van der Waals surface area (Å²) in [5.74, 6) is -2.13. The number of sulfonamides is 2. The summed E-state index contributed by atoms with van der Waals surface area (Å²) in [4.78, 5) is 25.0. The molecule has 4 aromatic rings. The molecule has 0 aliphatic rings. The van der Waals surface area contributed by atoms with E-state index in [0.717, 1.165) is 8.61 Å². The van der Waals surface area contributed by atoms with Crippen molar-refractivity contribution in [3.63, 3.8) is 0 Å². The van der Waals surface area contributed by atoms with Gasteiger partial charge in [0.05, 0.1) is 100 Å². The molecule has 2 aromatic carbocycles. The van der Waals surface area contributed by atoms with Gasteiger partial charge in [-0.05, 0) is 60.4 Å². The fourth-order valence-electron chi connectivity index (χ4n) is 6.80. The van der Waals surface area contributed by atoms with Crippen LogP contribution in [0.25, 0.3) is 0 Å². The van der Waals surface area contributed by atoms with Gasteiger partial charge in [-0.2, -0.15) is 8.61 Å². The Morgan fingerprint density at radius 3 is 1.41 bits per heavy atom. The Balaban J connectivity index is 1.08. The number of alkyl halides is 2. The van der Waals surface area contributed by atoms with Crippen LogP contribution in [-0.2, 0) is 74.8 Å². The summed E-state index contributed by atoms with van der Waals surface area (Å²) in [7, 11) is -8.59. The second-order valence-electron chi connectivity index (χ2n) is 15.8. The van der Waals surface area contributed by atoms with Crippen LogP contribution < -0.4 is 20.4 Å². The number of carbonyl (C=O) groups is 2. The van der Waals surface area contributed by atoms with E-state index in [1.54, 1.807) is 39.4 Å². The van der Waals surface area contributed by atoms with Crippen LogP contribution in [0.15, 0.2) is 70.7 Å². The van der Waals surface area contributed by atoms with Crippen molar-refractivity contribution in [2.75, 3.05) is 79.4 Å². The second-order valence-corrected chi connectivity index (χ2v) is 19.6. The number of rotatable bonds is 35. The van der Waals surface area contributed by atoms with E-state index in [9.17, 15) is 45.6 Å². The predicted octanol–water partition coefficient (Wildman–Crippen LogP) is 2.31. The normalized spacial score (nSPS) is 13.1. The lowest BCUT2D eigenvalue weighted by Crippen LogP contribution is -2.51. The fraction of sp³-hybridized carbons (Fsp3) is 0.571. The van der Waals surface area contributed by atoms with Crippen LogP contribution in [0.2, 0.25) is 0 Å². The number of H-pyrrole nitrogens is 1. The van der Waals surface area contributed by atoms with Gasteiger partial charge in [0, 0.05) is 12.4 Å². The number of aromatic amines is 1. The molecule has 0 radical (unpaired) electrons. The average Bonchev–Trinajstić information content (AvgIpc) is 3.76. The Kier molecular flexibility index (Phi) is 23.4. The maximum atomic E-state index is 13.8. The number of hydrogen-bond donors (Lipinski definition) is 5. The van der Waals surface area contributed by atoms with E-state index in [-0.39, 0.29) is 74.7 Å². The first kappa shape index (κ1) is 56.5. The fourth-order valence-corrected chi connectivity index (χ4v) is 10.2. The van der Waals surface area contributed by atoms with E-state index >= 15 is 0 Å². The summed E-state index contributed by atoms with van der Waals surface area (Å²) in [6, 6.07) is 8.70. The zero-order valence-corrected chi connectivity index (χ0v) is 40.6. The van der Waals surface area contributed by atoms with Crippen molar-refractivity contribution in [3.8, 4) is 11.5 Å². The largest absolute Gasteiger partial charge is 0.491 e. The van der Waals surface area contributed by atoms with Crippen LogP contribution in [0.5, 0.6) is 11.5 Å².